The number of amides is 2. The van der Waals surface area contributed by atoms with Crippen LogP contribution in [0, 0.1) is 0 Å². The molecule has 0 unspecified atom stereocenters. The molecule has 1 rings (SSSR count). The van der Waals surface area contributed by atoms with Gasteiger partial charge in [0.05, 0.1) is 20.8 Å². The normalized spacial score (nSPS) is 10.8. The summed E-state index contributed by atoms with van der Waals surface area (Å²) in [6.45, 7) is 4.78. The summed E-state index contributed by atoms with van der Waals surface area (Å²) >= 11 is 0. The van der Waals surface area contributed by atoms with Crippen LogP contribution in [0.4, 0.5) is 0 Å². The van der Waals surface area contributed by atoms with Crippen molar-refractivity contribution in [1.82, 2.24) is 4.90 Å². The van der Waals surface area contributed by atoms with E-state index < -0.39 is 0 Å². The number of ether oxygens (including phenoxy) is 3. The third-order valence-corrected chi connectivity index (χ3v) is 4.52. The van der Waals surface area contributed by atoms with E-state index in [0.717, 1.165) is 25.7 Å². The van der Waals surface area contributed by atoms with Gasteiger partial charge < -0.3 is 19.3 Å². The van der Waals surface area contributed by atoms with Gasteiger partial charge in [-0.3, -0.25) is 14.5 Å². The van der Waals surface area contributed by atoms with Crippen molar-refractivity contribution in [1.29, 1.82) is 0 Å². The highest BCUT2D eigenvalue weighted by Crippen LogP contribution is 2.39. The number of aliphatic hydroxyl groups excluding tert-OH is 1. The number of aliphatic hydroxyl groups is 1. The maximum absolute atomic E-state index is 12.4. The minimum absolute atomic E-state index is 0.190. The molecular weight excluding hydrogens is 386 g/mol. The Morgan fingerprint density at radius 1 is 1.03 bits per heavy atom. The van der Waals surface area contributed by atoms with Crippen LogP contribution < -0.4 is 14.2 Å². The lowest BCUT2D eigenvalue weighted by Gasteiger charge is -2.18. The fourth-order valence-corrected chi connectivity index (χ4v) is 2.91. The van der Waals surface area contributed by atoms with E-state index in [9.17, 15) is 9.59 Å². The molecule has 0 aliphatic carbocycles. The zero-order valence-corrected chi connectivity index (χ0v) is 18.6. The monoisotopic (exact) mass is 421 g/mol. The van der Waals surface area contributed by atoms with Crippen LogP contribution in [0.3, 0.4) is 0 Å². The highest BCUT2D eigenvalue weighted by Gasteiger charge is 2.17. The quantitative estimate of drug-likeness (QED) is 0.363. The summed E-state index contributed by atoms with van der Waals surface area (Å²) in [6, 6.07) is 3.53. The van der Waals surface area contributed by atoms with Crippen LogP contribution in [-0.2, 0) is 9.59 Å². The summed E-state index contributed by atoms with van der Waals surface area (Å²) in [4.78, 5) is 25.7. The first-order valence-electron chi connectivity index (χ1n) is 10.5. The lowest BCUT2D eigenvalue weighted by molar-refractivity contribution is -0.141. The van der Waals surface area contributed by atoms with E-state index in [4.69, 9.17) is 19.3 Å². The van der Waals surface area contributed by atoms with Crippen molar-refractivity contribution in [3.8, 4) is 17.2 Å². The van der Waals surface area contributed by atoms with Crippen molar-refractivity contribution in [3.05, 3.63) is 23.8 Å². The molecule has 7 nitrogen and oxygen atoms in total. The van der Waals surface area contributed by atoms with Crippen LogP contribution in [0.15, 0.2) is 18.2 Å². The standard InChI is InChI=1S/C23H35NO6/c1-5-13-24(21(26)6-2)22(27)12-11-18-16-19(28-3)23(20(17-18)29-4)30-15-10-8-7-9-14-25/h11-12,16-17,25H,5-10,13-15H2,1-4H3/b12-11+. The number of nitrogens with zero attached hydrogens (tertiary/aromatic N) is 1. The molecule has 0 saturated heterocycles. The number of benzene rings is 1. The van der Waals surface area contributed by atoms with Crippen LogP contribution in [-0.4, -0.2) is 55.8 Å². The van der Waals surface area contributed by atoms with Gasteiger partial charge in [-0.05, 0) is 49.5 Å². The van der Waals surface area contributed by atoms with Crippen molar-refractivity contribution in [2.45, 2.75) is 52.4 Å². The van der Waals surface area contributed by atoms with E-state index in [1.165, 1.54) is 11.0 Å². The Labute approximate surface area is 179 Å². The smallest absolute Gasteiger partial charge is 0.253 e. The second kappa shape index (κ2) is 14.4. The molecule has 0 aliphatic heterocycles. The fourth-order valence-electron chi connectivity index (χ4n) is 2.91. The Kier molecular flexibility index (Phi) is 12.3. The third kappa shape index (κ3) is 8.06. The molecule has 1 N–H and O–H groups in total. The van der Waals surface area contributed by atoms with Gasteiger partial charge in [0, 0.05) is 25.6 Å². The second-order valence-corrected chi connectivity index (χ2v) is 6.81. The number of unbranched alkanes of at least 4 members (excludes halogenated alkanes) is 3. The first-order chi connectivity index (χ1) is 14.5. The minimum atomic E-state index is -0.343. The number of hydrogen-bond donors (Lipinski definition) is 1. The molecule has 0 aliphatic rings. The van der Waals surface area contributed by atoms with Crippen LogP contribution >= 0.6 is 0 Å². The fraction of sp³-hybridized carbons (Fsp3) is 0.565. The number of imide groups is 1. The number of methoxy groups -OCH3 is 2. The number of hydrogen-bond acceptors (Lipinski definition) is 6. The molecule has 0 radical (unpaired) electrons. The van der Waals surface area contributed by atoms with Gasteiger partial charge in [0.1, 0.15) is 0 Å². The number of carbonyl (C=O) groups excluding carboxylic acids is 2. The summed E-state index contributed by atoms with van der Waals surface area (Å²) in [5, 5.41) is 8.83. The first-order valence-corrected chi connectivity index (χ1v) is 10.5. The summed E-state index contributed by atoms with van der Waals surface area (Å²) in [5.74, 6) is 0.993. The topological polar surface area (TPSA) is 85.3 Å². The van der Waals surface area contributed by atoms with Gasteiger partial charge in [-0.25, -0.2) is 0 Å². The van der Waals surface area contributed by atoms with Crippen LogP contribution in [0.1, 0.15) is 57.9 Å². The molecule has 0 spiro atoms. The lowest BCUT2D eigenvalue weighted by Crippen LogP contribution is -2.35. The minimum Gasteiger partial charge on any atom is -0.493 e. The molecule has 30 heavy (non-hydrogen) atoms. The maximum atomic E-state index is 12.4. The molecule has 168 valence electrons. The summed E-state index contributed by atoms with van der Waals surface area (Å²) in [6.07, 6.45) is 7.61. The molecule has 0 bridgehead atoms. The molecule has 0 aromatic heterocycles. The van der Waals surface area contributed by atoms with Gasteiger partial charge in [-0.15, -0.1) is 0 Å². The van der Waals surface area contributed by atoms with E-state index in [-0.39, 0.29) is 24.8 Å². The number of rotatable bonds is 14. The Bertz CT molecular complexity index is 676. The van der Waals surface area contributed by atoms with Crippen LogP contribution in [0.25, 0.3) is 6.08 Å². The van der Waals surface area contributed by atoms with Gasteiger partial charge in [-0.1, -0.05) is 20.3 Å². The van der Waals surface area contributed by atoms with Gasteiger partial charge in [0.25, 0.3) is 5.91 Å². The molecule has 0 fully saturated rings. The molecule has 0 saturated carbocycles. The van der Waals surface area contributed by atoms with E-state index in [2.05, 4.69) is 0 Å². The SMILES string of the molecule is CCCN(C(=O)/C=C/c1cc(OC)c(OCCCCCCO)c(OC)c1)C(=O)CC. The predicted molar refractivity (Wildman–Crippen MR) is 117 cm³/mol. The average Bonchev–Trinajstić information content (AvgIpc) is 2.77. The zero-order chi connectivity index (χ0) is 22.4. The largest absolute Gasteiger partial charge is 0.493 e. The average molecular weight is 422 g/mol. The van der Waals surface area contributed by atoms with Gasteiger partial charge in [0.15, 0.2) is 11.5 Å². The molecule has 1 aromatic rings. The van der Waals surface area contributed by atoms with Crippen LogP contribution in [0.2, 0.25) is 0 Å². The van der Waals surface area contributed by atoms with E-state index in [1.807, 2.05) is 6.92 Å². The lowest BCUT2D eigenvalue weighted by atomic mass is 10.1. The first kappa shape index (κ1) is 25.5. The second-order valence-electron chi connectivity index (χ2n) is 6.81. The zero-order valence-electron chi connectivity index (χ0n) is 18.6. The highest BCUT2D eigenvalue weighted by atomic mass is 16.5. The van der Waals surface area contributed by atoms with E-state index in [1.54, 1.807) is 39.4 Å². The summed E-state index contributed by atoms with van der Waals surface area (Å²) in [7, 11) is 3.09. The summed E-state index contributed by atoms with van der Waals surface area (Å²) < 4.78 is 16.8. The maximum Gasteiger partial charge on any atom is 0.253 e. The number of carbonyl (C=O) groups is 2. The molecule has 7 heteroatoms. The highest BCUT2D eigenvalue weighted by molar-refractivity contribution is 6.02. The molecule has 0 heterocycles. The van der Waals surface area contributed by atoms with Crippen molar-refractivity contribution < 1.29 is 28.9 Å². The Morgan fingerprint density at radius 2 is 1.67 bits per heavy atom. The predicted octanol–water partition coefficient (Wildman–Crippen LogP) is 3.82. The van der Waals surface area contributed by atoms with Crippen molar-refractivity contribution in [2.75, 3.05) is 34.0 Å². The van der Waals surface area contributed by atoms with Crippen LogP contribution in [0.5, 0.6) is 17.2 Å². The van der Waals surface area contributed by atoms with Crippen molar-refractivity contribution >= 4 is 17.9 Å². The van der Waals surface area contributed by atoms with Gasteiger partial charge >= 0.3 is 0 Å². The summed E-state index contributed by atoms with van der Waals surface area (Å²) in [5.41, 5.74) is 0.702. The van der Waals surface area contributed by atoms with Gasteiger partial charge in [0.2, 0.25) is 11.7 Å². The molecular formula is C23H35NO6. The van der Waals surface area contributed by atoms with Gasteiger partial charge in [-0.2, -0.15) is 0 Å². The Morgan fingerprint density at radius 3 is 2.20 bits per heavy atom. The van der Waals surface area contributed by atoms with Crippen molar-refractivity contribution in [2.24, 2.45) is 0 Å². The molecule has 0 atom stereocenters. The molecule has 2 amide bonds. The Balaban J connectivity index is 2.92. The van der Waals surface area contributed by atoms with E-state index >= 15 is 0 Å². The molecule has 1 aromatic carbocycles. The third-order valence-electron chi connectivity index (χ3n) is 4.52. The Hall–Kier alpha value is -2.54. The van der Waals surface area contributed by atoms with Crippen molar-refractivity contribution in [3.63, 3.8) is 0 Å². The van der Waals surface area contributed by atoms with E-state index in [0.29, 0.717) is 42.4 Å².